The first-order valence-electron chi connectivity index (χ1n) is 8.95. The fourth-order valence-electron chi connectivity index (χ4n) is 3.31. The van der Waals surface area contributed by atoms with Crippen LogP contribution in [0.2, 0.25) is 5.02 Å². The smallest absolute Gasteiger partial charge is 0.291 e. The van der Waals surface area contributed by atoms with Gasteiger partial charge in [-0.3, -0.25) is 29.2 Å². The number of fused-ring (bicyclic) bond motifs is 1. The number of carbonyl (C=O) groups excluding carboxylic acids is 2. The number of likely N-dealkylation sites (N-methyl/N-ethyl adjacent to an activating group) is 1. The summed E-state index contributed by atoms with van der Waals surface area (Å²) in [6.07, 6.45) is 0. The summed E-state index contributed by atoms with van der Waals surface area (Å²) >= 11 is 14.4. The Morgan fingerprint density at radius 1 is 1.22 bits per heavy atom. The third-order valence-electron chi connectivity index (χ3n) is 4.88. The zero-order valence-corrected chi connectivity index (χ0v) is 20.2. The number of aliphatic hydroxyl groups is 1. The highest BCUT2D eigenvalue weighted by molar-refractivity contribution is 9.10. The van der Waals surface area contributed by atoms with Crippen LogP contribution in [0.5, 0.6) is 0 Å². The molecule has 2 amide bonds. The van der Waals surface area contributed by atoms with E-state index in [0.717, 1.165) is 12.1 Å². The summed E-state index contributed by atoms with van der Waals surface area (Å²) in [4.78, 5) is 26.6. The second-order valence-corrected chi connectivity index (χ2v) is 10.5. The molecule has 0 radical (unpaired) electrons. The lowest BCUT2D eigenvalue weighted by Crippen LogP contribution is -2.48. The number of sulfonamides is 1. The van der Waals surface area contributed by atoms with Gasteiger partial charge in [0.05, 0.1) is 10.6 Å². The molecule has 2 N–H and O–H groups in total. The maximum absolute atomic E-state index is 13.0. The largest absolute Gasteiger partial charge is 0.505 e. The molecule has 0 unspecified atom stereocenters. The van der Waals surface area contributed by atoms with Gasteiger partial charge in [-0.2, -0.15) is 0 Å². The van der Waals surface area contributed by atoms with Gasteiger partial charge in [-0.1, -0.05) is 27.5 Å². The molecule has 2 heterocycles. The summed E-state index contributed by atoms with van der Waals surface area (Å²) in [6.45, 7) is -0.277. The SMILES string of the molecule is CN1C(C(=O)NN2CC(=O)N(c3ccc(Cl)cc3)C2=S)=C(O)c2ccc(Br)cc2S1(=O)=O. The van der Waals surface area contributed by atoms with E-state index in [0.29, 0.717) is 19.5 Å². The summed E-state index contributed by atoms with van der Waals surface area (Å²) < 4.78 is 27.0. The van der Waals surface area contributed by atoms with Crippen molar-refractivity contribution < 1.29 is 23.1 Å². The van der Waals surface area contributed by atoms with E-state index in [9.17, 15) is 23.1 Å². The van der Waals surface area contributed by atoms with Gasteiger partial charge < -0.3 is 5.11 Å². The predicted molar refractivity (Wildman–Crippen MR) is 125 cm³/mol. The normalized spacial score (nSPS) is 17.7. The molecule has 13 heteroatoms. The molecular formula is C19H14BrClN4O5S2. The van der Waals surface area contributed by atoms with Crippen molar-refractivity contribution in [2.24, 2.45) is 0 Å². The van der Waals surface area contributed by atoms with E-state index in [2.05, 4.69) is 21.4 Å². The first-order valence-corrected chi connectivity index (χ1v) is 12.0. The number of benzene rings is 2. The summed E-state index contributed by atoms with van der Waals surface area (Å²) in [5.74, 6) is -1.88. The Bertz CT molecular complexity index is 1310. The summed E-state index contributed by atoms with van der Waals surface area (Å²) in [5.41, 5.74) is 2.36. The van der Waals surface area contributed by atoms with Gasteiger partial charge in [0.2, 0.25) is 5.11 Å². The topological polar surface area (TPSA) is 110 Å². The molecule has 0 spiro atoms. The summed E-state index contributed by atoms with van der Waals surface area (Å²) in [7, 11) is -2.95. The molecule has 1 fully saturated rings. The Morgan fingerprint density at radius 3 is 2.53 bits per heavy atom. The Labute approximate surface area is 202 Å². The van der Waals surface area contributed by atoms with Crippen LogP contribution in [0.25, 0.3) is 5.76 Å². The van der Waals surface area contributed by atoms with E-state index in [4.69, 9.17) is 23.8 Å². The molecular weight excluding hydrogens is 544 g/mol. The van der Waals surface area contributed by atoms with Crippen molar-refractivity contribution >= 4 is 78.1 Å². The third-order valence-corrected chi connectivity index (χ3v) is 7.82. The molecule has 32 heavy (non-hydrogen) atoms. The molecule has 0 aliphatic carbocycles. The van der Waals surface area contributed by atoms with Gasteiger partial charge in [-0.25, -0.2) is 8.42 Å². The van der Waals surface area contributed by atoms with E-state index >= 15 is 0 Å². The monoisotopic (exact) mass is 556 g/mol. The minimum absolute atomic E-state index is 0.0145. The number of thiocarbonyl (C=S) groups is 1. The lowest BCUT2D eigenvalue weighted by molar-refractivity contribution is -0.122. The van der Waals surface area contributed by atoms with Gasteiger partial charge in [0.15, 0.2) is 11.5 Å². The molecule has 4 rings (SSSR count). The van der Waals surface area contributed by atoms with Gasteiger partial charge in [-0.05, 0) is 54.7 Å². The van der Waals surface area contributed by atoms with Crippen molar-refractivity contribution in [1.82, 2.24) is 14.7 Å². The Balaban J connectivity index is 1.65. The number of anilines is 1. The predicted octanol–water partition coefficient (Wildman–Crippen LogP) is 2.63. The molecule has 2 aromatic rings. The van der Waals surface area contributed by atoms with Crippen molar-refractivity contribution in [2.75, 3.05) is 18.5 Å². The van der Waals surface area contributed by atoms with Crippen molar-refractivity contribution in [1.29, 1.82) is 0 Å². The average Bonchev–Trinajstić information content (AvgIpc) is 3.00. The summed E-state index contributed by atoms with van der Waals surface area (Å²) in [6, 6.07) is 10.7. The quantitative estimate of drug-likeness (QED) is 0.558. The molecule has 0 bridgehead atoms. The van der Waals surface area contributed by atoms with Crippen LogP contribution in [0.15, 0.2) is 57.5 Å². The standard InChI is InChI=1S/C19H14BrClN4O5S2/c1-23-16(17(27)13-7-2-10(20)8-14(13)32(23,29)30)18(28)22-24-9-15(26)25(19(24)31)12-5-3-11(21)4-6-12/h2-8,27H,9H2,1H3,(H,22,28). The second kappa shape index (κ2) is 8.03. The number of nitrogens with one attached hydrogen (secondary N) is 1. The number of amides is 2. The maximum Gasteiger partial charge on any atom is 0.291 e. The van der Waals surface area contributed by atoms with Crippen molar-refractivity contribution in [3.8, 4) is 0 Å². The lowest BCUT2D eigenvalue weighted by atomic mass is 10.1. The van der Waals surface area contributed by atoms with Gasteiger partial charge in [0.1, 0.15) is 6.54 Å². The molecule has 2 aliphatic rings. The second-order valence-electron chi connectivity index (χ2n) is 6.83. The molecule has 2 aliphatic heterocycles. The van der Waals surface area contributed by atoms with Gasteiger partial charge in [0.25, 0.3) is 21.8 Å². The van der Waals surface area contributed by atoms with Crippen LogP contribution in [-0.2, 0) is 19.6 Å². The van der Waals surface area contributed by atoms with E-state index in [-0.39, 0.29) is 22.1 Å². The number of hydrogen-bond donors (Lipinski definition) is 2. The Kier molecular flexibility index (Phi) is 5.65. The van der Waals surface area contributed by atoms with Gasteiger partial charge in [0, 0.05) is 22.1 Å². The van der Waals surface area contributed by atoms with Crippen molar-refractivity contribution in [3.05, 3.63) is 63.2 Å². The first kappa shape index (κ1) is 22.5. The number of halogens is 2. The van der Waals surface area contributed by atoms with Crippen LogP contribution < -0.4 is 10.3 Å². The van der Waals surface area contributed by atoms with Crippen LogP contribution >= 0.6 is 39.7 Å². The fraction of sp³-hybridized carbons (Fsp3) is 0.105. The maximum atomic E-state index is 13.0. The summed E-state index contributed by atoms with van der Waals surface area (Å²) in [5, 5.41) is 12.3. The molecule has 166 valence electrons. The first-order chi connectivity index (χ1) is 15.0. The Hall–Kier alpha value is -2.67. The van der Waals surface area contributed by atoms with E-state index < -0.39 is 33.3 Å². The molecule has 2 aromatic carbocycles. The minimum Gasteiger partial charge on any atom is -0.505 e. The fourth-order valence-corrected chi connectivity index (χ4v) is 5.69. The molecule has 0 aromatic heterocycles. The lowest BCUT2D eigenvalue weighted by Gasteiger charge is -2.30. The molecule has 0 atom stereocenters. The van der Waals surface area contributed by atoms with E-state index in [1.165, 1.54) is 17.0 Å². The minimum atomic E-state index is -4.10. The van der Waals surface area contributed by atoms with Crippen LogP contribution in [0, 0.1) is 0 Å². The highest BCUT2D eigenvalue weighted by Crippen LogP contribution is 2.36. The highest BCUT2D eigenvalue weighted by Gasteiger charge is 2.41. The zero-order chi connectivity index (χ0) is 23.4. The van der Waals surface area contributed by atoms with Crippen LogP contribution in [0.3, 0.4) is 0 Å². The van der Waals surface area contributed by atoms with Gasteiger partial charge in [-0.15, -0.1) is 0 Å². The molecule has 0 saturated carbocycles. The van der Waals surface area contributed by atoms with Crippen molar-refractivity contribution in [2.45, 2.75) is 4.90 Å². The average molecular weight is 558 g/mol. The van der Waals surface area contributed by atoms with Crippen LogP contribution in [-0.4, -0.2) is 53.4 Å². The number of carbonyl (C=O) groups is 2. The molecule has 9 nitrogen and oxygen atoms in total. The van der Waals surface area contributed by atoms with Gasteiger partial charge >= 0.3 is 0 Å². The molecule has 1 saturated heterocycles. The zero-order valence-electron chi connectivity index (χ0n) is 16.2. The number of hydrazine groups is 1. The van der Waals surface area contributed by atoms with Crippen LogP contribution in [0.1, 0.15) is 5.56 Å². The van der Waals surface area contributed by atoms with E-state index in [1.807, 2.05) is 0 Å². The van der Waals surface area contributed by atoms with Crippen molar-refractivity contribution in [3.63, 3.8) is 0 Å². The third kappa shape index (κ3) is 3.62. The number of aliphatic hydroxyl groups excluding tert-OH is 1. The Morgan fingerprint density at radius 2 is 1.88 bits per heavy atom. The number of nitrogens with zero attached hydrogens (tertiary/aromatic N) is 3. The highest BCUT2D eigenvalue weighted by atomic mass is 79.9. The number of hydrogen-bond acceptors (Lipinski definition) is 6. The van der Waals surface area contributed by atoms with Crippen LogP contribution in [0.4, 0.5) is 5.69 Å². The number of rotatable bonds is 3. The van der Waals surface area contributed by atoms with E-state index in [1.54, 1.807) is 30.3 Å².